The first kappa shape index (κ1) is 20.1. The minimum absolute atomic E-state index is 0.0320. The molecule has 2 rings (SSSR count). The number of hydrogen-bond acceptors (Lipinski definition) is 5. The summed E-state index contributed by atoms with van der Waals surface area (Å²) in [5.41, 5.74) is 0.282. The second-order valence-electron chi connectivity index (χ2n) is 6.36. The highest BCUT2D eigenvalue weighted by Crippen LogP contribution is 2.16. The van der Waals surface area contributed by atoms with Crippen molar-refractivity contribution in [2.24, 2.45) is 0 Å². The molecule has 0 spiro atoms. The van der Waals surface area contributed by atoms with Crippen LogP contribution in [0.3, 0.4) is 0 Å². The number of benzene rings is 1. The lowest BCUT2D eigenvalue weighted by molar-refractivity contribution is -0.130. The minimum atomic E-state index is -2.92. The van der Waals surface area contributed by atoms with Crippen LogP contribution >= 0.6 is 0 Å². The van der Waals surface area contributed by atoms with Gasteiger partial charge in [-0.1, -0.05) is 0 Å². The lowest BCUT2D eigenvalue weighted by Crippen LogP contribution is -2.55. The zero-order valence-electron chi connectivity index (χ0n) is 14.7. The molecule has 1 heterocycles. The topological polar surface area (TPSA) is 82.1 Å². The van der Waals surface area contributed by atoms with E-state index in [9.17, 15) is 23.5 Å². The second kappa shape index (κ2) is 8.91. The molecule has 0 bridgehead atoms. The monoisotopic (exact) mass is 371 g/mol. The zero-order valence-corrected chi connectivity index (χ0v) is 14.7. The largest absolute Gasteiger partial charge is 0.435 e. The van der Waals surface area contributed by atoms with Crippen molar-refractivity contribution >= 4 is 11.8 Å². The number of aliphatic hydroxyl groups is 1. The quantitative estimate of drug-likeness (QED) is 0.763. The Kier molecular flexibility index (Phi) is 6.87. The SMILES string of the molecule is CN(C)C(=O)CN1CCC(NC(=O)c2ccc(OC(F)F)cc2)C(O)C1. The fraction of sp³-hybridized carbons (Fsp3) is 0.529. The first-order valence-electron chi connectivity index (χ1n) is 8.22. The molecule has 2 N–H and O–H groups in total. The van der Waals surface area contributed by atoms with Gasteiger partial charge >= 0.3 is 6.61 Å². The summed E-state index contributed by atoms with van der Waals surface area (Å²) in [6.07, 6.45) is -0.302. The number of ether oxygens (including phenoxy) is 1. The van der Waals surface area contributed by atoms with Gasteiger partial charge in [0.15, 0.2) is 0 Å². The maximum absolute atomic E-state index is 12.3. The molecule has 1 aromatic rings. The summed E-state index contributed by atoms with van der Waals surface area (Å²) < 4.78 is 28.5. The maximum Gasteiger partial charge on any atom is 0.387 e. The molecule has 7 nitrogen and oxygen atoms in total. The standard InChI is InChI=1S/C17H23F2N3O4/c1-21(2)15(24)10-22-8-7-13(14(23)9-22)20-16(25)11-3-5-12(6-4-11)26-17(18)19/h3-6,13-14,17,23H,7-10H2,1-2H3,(H,20,25). The number of piperidine rings is 1. The second-order valence-corrected chi connectivity index (χ2v) is 6.36. The molecule has 2 amide bonds. The number of aliphatic hydroxyl groups excluding tert-OH is 1. The van der Waals surface area contributed by atoms with Gasteiger partial charge in [-0.25, -0.2) is 0 Å². The number of rotatable bonds is 6. The molecule has 0 aromatic heterocycles. The third kappa shape index (κ3) is 5.63. The maximum atomic E-state index is 12.3. The summed E-state index contributed by atoms with van der Waals surface area (Å²) in [6, 6.07) is 4.89. The van der Waals surface area contributed by atoms with E-state index in [1.165, 1.54) is 29.2 Å². The van der Waals surface area contributed by atoms with Crippen LogP contribution in [0.4, 0.5) is 8.78 Å². The van der Waals surface area contributed by atoms with Crippen LogP contribution in [0, 0.1) is 0 Å². The van der Waals surface area contributed by atoms with Crippen molar-refractivity contribution in [2.45, 2.75) is 25.2 Å². The fourth-order valence-corrected chi connectivity index (χ4v) is 2.68. The lowest BCUT2D eigenvalue weighted by Gasteiger charge is -2.36. The van der Waals surface area contributed by atoms with Crippen molar-refractivity contribution < 1.29 is 28.2 Å². The van der Waals surface area contributed by atoms with E-state index in [2.05, 4.69) is 10.1 Å². The van der Waals surface area contributed by atoms with Crippen molar-refractivity contribution in [2.75, 3.05) is 33.7 Å². The van der Waals surface area contributed by atoms with E-state index in [4.69, 9.17) is 0 Å². The van der Waals surface area contributed by atoms with Crippen molar-refractivity contribution in [3.05, 3.63) is 29.8 Å². The van der Waals surface area contributed by atoms with Gasteiger partial charge in [-0.05, 0) is 30.7 Å². The van der Waals surface area contributed by atoms with Gasteiger partial charge in [0, 0.05) is 32.7 Å². The van der Waals surface area contributed by atoms with Gasteiger partial charge in [0.25, 0.3) is 5.91 Å². The van der Waals surface area contributed by atoms with Crippen LogP contribution in [0.15, 0.2) is 24.3 Å². The van der Waals surface area contributed by atoms with E-state index >= 15 is 0 Å². The molecule has 1 aliphatic heterocycles. The third-order valence-electron chi connectivity index (χ3n) is 4.18. The first-order valence-corrected chi connectivity index (χ1v) is 8.22. The number of β-amino-alcohol motifs (C(OH)–C–C–N with tert-alkyl or cyclic N) is 1. The zero-order chi connectivity index (χ0) is 19.3. The Balaban J connectivity index is 1.87. The molecule has 26 heavy (non-hydrogen) atoms. The van der Waals surface area contributed by atoms with Crippen LogP contribution in [0.5, 0.6) is 5.75 Å². The Morgan fingerprint density at radius 3 is 2.54 bits per heavy atom. The number of halogens is 2. The summed E-state index contributed by atoms with van der Waals surface area (Å²) >= 11 is 0. The Bertz CT molecular complexity index is 625. The van der Waals surface area contributed by atoms with Crippen molar-refractivity contribution in [3.63, 3.8) is 0 Å². The van der Waals surface area contributed by atoms with E-state index < -0.39 is 24.7 Å². The molecule has 144 valence electrons. The molecule has 1 aliphatic rings. The Morgan fingerprint density at radius 1 is 1.35 bits per heavy atom. The van der Waals surface area contributed by atoms with Gasteiger partial charge in [-0.3, -0.25) is 14.5 Å². The Morgan fingerprint density at radius 2 is 2.00 bits per heavy atom. The lowest BCUT2D eigenvalue weighted by atomic mass is 10.0. The number of nitrogens with zero attached hydrogens (tertiary/aromatic N) is 2. The molecule has 0 saturated carbocycles. The van der Waals surface area contributed by atoms with Crippen molar-refractivity contribution in [1.82, 2.24) is 15.1 Å². The molecule has 0 radical (unpaired) electrons. The van der Waals surface area contributed by atoms with Gasteiger partial charge in [-0.15, -0.1) is 0 Å². The number of nitrogens with one attached hydrogen (secondary N) is 1. The molecule has 1 aromatic carbocycles. The van der Waals surface area contributed by atoms with Crippen LogP contribution in [-0.2, 0) is 4.79 Å². The third-order valence-corrected chi connectivity index (χ3v) is 4.18. The highest BCUT2D eigenvalue weighted by Gasteiger charge is 2.30. The van der Waals surface area contributed by atoms with Crippen LogP contribution in [0.1, 0.15) is 16.8 Å². The molecular formula is C17H23F2N3O4. The molecule has 1 fully saturated rings. The molecule has 2 unspecified atom stereocenters. The first-order chi connectivity index (χ1) is 12.3. The summed E-state index contributed by atoms with van der Waals surface area (Å²) in [5.74, 6) is -0.489. The number of carbonyl (C=O) groups is 2. The summed E-state index contributed by atoms with van der Waals surface area (Å²) in [4.78, 5) is 27.3. The van der Waals surface area contributed by atoms with E-state index in [1.807, 2.05) is 4.90 Å². The summed E-state index contributed by atoms with van der Waals surface area (Å²) in [7, 11) is 3.34. The number of alkyl halides is 2. The van der Waals surface area contributed by atoms with Gasteiger partial charge in [0.1, 0.15) is 5.75 Å². The number of hydrogen-bond donors (Lipinski definition) is 2. The number of likely N-dealkylation sites (tertiary alicyclic amines) is 1. The van der Waals surface area contributed by atoms with Crippen molar-refractivity contribution in [3.8, 4) is 5.75 Å². The molecule has 2 atom stereocenters. The smallest absolute Gasteiger partial charge is 0.387 e. The fourth-order valence-electron chi connectivity index (χ4n) is 2.68. The molecular weight excluding hydrogens is 348 g/mol. The van der Waals surface area contributed by atoms with Crippen LogP contribution in [0.25, 0.3) is 0 Å². The van der Waals surface area contributed by atoms with Gasteiger partial charge in [-0.2, -0.15) is 8.78 Å². The van der Waals surface area contributed by atoms with Gasteiger partial charge in [0.05, 0.1) is 18.7 Å². The predicted molar refractivity (Wildman–Crippen MR) is 90.1 cm³/mol. The average molecular weight is 371 g/mol. The summed E-state index contributed by atoms with van der Waals surface area (Å²) in [6.45, 7) is -1.85. The minimum Gasteiger partial charge on any atom is -0.435 e. The highest BCUT2D eigenvalue weighted by atomic mass is 19.3. The Hall–Kier alpha value is -2.26. The average Bonchev–Trinajstić information content (AvgIpc) is 2.57. The van der Waals surface area contributed by atoms with Crippen LogP contribution in [0.2, 0.25) is 0 Å². The van der Waals surface area contributed by atoms with E-state index in [-0.39, 0.29) is 30.3 Å². The Labute approximate surface area is 150 Å². The van der Waals surface area contributed by atoms with Crippen LogP contribution < -0.4 is 10.1 Å². The number of likely N-dealkylation sites (N-methyl/N-ethyl adjacent to an activating group) is 1. The molecule has 1 saturated heterocycles. The van der Waals surface area contributed by atoms with Crippen LogP contribution in [-0.4, -0.2) is 79.2 Å². The normalized spacial score (nSPS) is 20.7. The molecule has 0 aliphatic carbocycles. The van der Waals surface area contributed by atoms with Gasteiger partial charge in [0.2, 0.25) is 5.91 Å². The van der Waals surface area contributed by atoms with Gasteiger partial charge < -0.3 is 20.1 Å². The highest BCUT2D eigenvalue weighted by molar-refractivity contribution is 5.94. The predicted octanol–water partition coefficient (Wildman–Crippen LogP) is 0.541. The summed E-state index contributed by atoms with van der Waals surface area (Å²) in [5, 5.41) is 13.0. The van der Waals surface area contributed by atoms with E-state index in [0.29, 0.717) is 13.0 Å². The molecule has 9 heteroatoms. The van der Waals surface area contributed by atoms with Crippen molar-refractivity contribution in [1.29, 1.82) is 0 Å². The van der Waals surface area contributed by atoms with E-state index in [1.54, 1.807) is 14.1 Å². The number of amides is 2. The number of carbonyl (C=O) groups excluding carboxylic acids is 2. The van der Waals surface area contributed by atoms with E-state index in [0.717, 1.165) is 0 Å².